The Morgan fingerprint density at radius 2 is 2.00 bits per heavy atom. The van der Waals surface area contributed by atoms with Gasteiger partial charge in [0, 0.05) is 14.1 Å². The molecule has 1 saturated carbocycles. The van der Waals surface area contributed by atoms with Gasteiger partial charge < -0.3 is 9.64 Å². The van der Waals surface area contributed by atoms with Crippen LogP contribution in [0.4, 0.5) is 0 Å². The number of primary sulfonamides is 1. The van der Waals surface area contributed by atoms with Gasteiger partial charge in [0.05, 0.1) is 11.7 Å². The average Bonchev–Trinajstić information content (AvgIpc) is 3.10. The predicted octanol–water partition coefficient (Wildman–Crippen LogP) is 0.577. The van der Waals surface area contributed by atoms with Gasteiger partial charge in [-0.05, 0) is 25.0 Å². The maximum Gasteiger partial charge on any atom is 0.254 e. The van der Waals surface area contributed by atoms with Crippen molar-refractivity contribution < 1.29 is 17.9 Å². The summed E-state index contributed by atoms with van der Waals surface area (Å²) in [6, 6.07) is 4.54. The fourth-order valence-electron chi connectivity index (χ4n) is 1.68. The van der Waals surface area contributed by atoms with E-state index in [4.69, 9.17) is 9.88 Å². The summed E-state index contributed by atoms with van der Waals surface area (Å²) in [6.45, 7) is 0. The second kappa shape index (κ2) is 4.82. The van der Waals surface area contributed by atoms with E-state index < -0.39 is 15.9 Å². The number of nitrogens with two attached hydrogens (primary N) is 1. The molecular formula is C12H16N2O4S. The molecule has 0 atom stereocenters. The minimum atomic E-state index is -4.03. The molecule has 1 aliphatic rings. The van der Waals surface area contributed by atoms with Crippen LogP contribution in [0, 0.1) is 0 Å². The highest BCUT2D eigenvalue weighted by Crippen LogP contribution is 2.33. The number of hydrogen-bond donors (Lipinski definition) is 1. The fraction of sp³-hybridized carbons (Fsp3) is 0.417. The number of benzene rings is 1. The average molecular weight is 284 g/mol. The summed E-state index contributed by atoms with van der Waals surface area (Å²) in [6.07, 6.45) is 1.79. The van der Waals surface area contributed by atoms with Crippen LogP contribution in [-0.2, 0) is 10.0 Å². The third-order valence-corrected chi connectivity index (χ3v) is 3.71. The number of sulfonamides is 1. The number of rotatable bonds is 4. The minimum Gasteiger partial charge on any atom is -0.489 e. The molecule has 0 radical (unpaired) electrons. The molecule has 6 nitrogen and oxygen atoms in total. The first-order valence-corrected chi connectivity index (χ1v) is 7.39. The first-order valence-electron chi connectivity index (χ1n) is 5.85. The van der Waals surface area contributed by atoms with E-state index >= 15 is 0 Å². The van der Waals surface area contributed by atoms with Gasteiger partial charge in [-0.25, -0.2) is 13.6 Å². The van der Waals surface area contributed by atoms with E-state index in [1.165, 1.54) is 17.0 Å². The molecule has 1 aromatic rings. The van der Waals surface area contributed by atoms with E-state index in [2.05, 4.69) is 0 Å². The summed E-state index contributed by atoms with van der Waals surface area (Å²) < 4.78 is 29.0. The summed E-state index contributed by atoms with van der Waals surface area (Å²) in [7, 11) is -0.942. The smallest absolute Gasteiger partial charge is 0.254 e. The van der Waals surface area contributed by atoms with Crippen LogP contribution >= 0.6 is 0 Å². The van der Waals surface area contributed by atoms with Crippen molar-refractivity contribution in [3.05, 3.63) is 23.8 Å². The molecule has 0 spiro atoms. The zero-order valence-electron chi connectivity index (χ0n) is 10.8. The molecule has 2 rings (SSSR count). The molecule has 1 aliphatic carbocycles. The van der Waals surface area contributed by atoms with Crippen LogP contribution in [0.3, 0.4) is 0 Å². The van der Waals surface area contributed by atoms with Crippen molar-refractivity contribution >= 4 is 15.9 Å². The van der Waals surface area contributed by atoms with Crippen molar-refractivity contribution in [2.24, 2.45) is 5.14 Å². The van der Waals surface area contributed by atoms with Crippen LogP contribution in [-0.4, -0.2) is 39.4 Å². The molecule has 104 valence electrons. The van der Waals surface area contributed by atoms with Crippen LogP contribution in [0.5, 0.6) is 5.75 Å². The zero-order valence-corrected chi connectivity index (χ0v) is 11.6. The molecule has 1 aromatic carbocycles. The lowest BCUT2D eigenvalue weighted by Crippen LogP contribution is -2.26. The topological polar surface area (TPSA) is 89.7 Å². The van der Waals surface area contributed by atoms with Gasteiger partial charge in [-0.3, -0.25) is 4.79 Å². The number of carbonyl (C=O) groups excluding carboxylic acids is 1. The van der Waals surface area contributed by atoms with Gasteiger partial charge in [-0.1, -0.05) is 6.07 Å². The number of carbonyl (C=O) groups is 1. The highest BCUT2D eigenvalue weighted by molar-refractivity contribution is 7.89. The monoisotopic (exact) mass is 284 g/mol. The second-order valence-electron chi connectivity index (χ2n) is 4.69. The van der Waals surface area contributed by atoms with Gasteiger partial charge in [0.25, 0.3) is 5.91 Å². The van der Waals surface area contributed by atoms with Crippen molar-refractivity contribution in [1.29, 1.82) is 0 Å². The molecule has 19 heavy (non-hydrogen) atoms. The van der Waals surface area contributed by atoms with E-state index in [9.17, 15) is 13.2 Å². The van der Waals surface area contributed by atoms with E-state index in [0.717, 1.165) is 12.8 Å². The van der Waals surface area contributed by atoms with Gasteiger partial charge in [0.2, 0.25) is 10.0 Å². The summed E-state index contributed by atoms with van der Waals surface area (Å²) in [5.74, 6) is -0.275. The molecule has 7 heteroatoms. The van der Waals surface area contributed by atoms with Gasteiger partial charge >= 0.3 is 0 Å². The number of ether oxygens (including phenoxy) is 1. The molecule has 0 heterocycles. The number of amides is 1. The number of nitrogens with zero attached hydrogens (tertiary/aromatic N) is 1. The van der Waals surface area contributed by atoms with Crippen molar-refractivity contribution in [2.75, 3.05) is 14.1 Å². The first-order chi connectivity index (χ1) is 8.80. The molecule has 0 unspecified atom stereocenters. The maximum absolute atomic E-state index is 12.0. The van der Waals surface area contributed by atoms with Crippen molar-refractivity contribution in [3.63, 3.8) is 0 Å². The lowest BCUT2D eigenvalue weighted by atomic mass is 10.2. The summed E-state index contributed by atoms with van der Waals surface area (Å²) in [5, 5.41) is 5.21. The van der Waals surface area contributed by atoms with Gasteiger partial charge in [-0.15, -0.1) is 0 Å². The molecule has 0 aromatic heterocycles. The van der Waals surface area contributed by atoms with Crippen molar-refractivity contribution in [1.82, 2.24) is 4.90 Å². The summed E-state index contributed by atoms with van der Waals surface area (Å²) in [4.78, 5) is 13.1. The van der Waals surface area contributed by atoms with Crippen molar-refractivity contribution in [2.45, 2.75) is 23.8 Å². The molecule has 0 aliphatic heterocycles. The SMILES string of the molecule is CN(C)C(=O)c1cccc(OC2CC2)c1S(N)(=O)=O. The molecule has 2 N–H and O–H groups in total. The Kier molecular flexibility index (Phi) is 3.51. The molecule has 1 amide bonds. The Morgan fingerprint density at radius 1 is 1.37 bits per heavy atom. The van der Waals surface area contributed by atoms with E-state index in [0.29, 0.717) is 0 Å². The highest BCUT2D eigenvalue weighted by Gasteiger charge is 2.30. The van der Waals surface area contributed by atoms with Gasteiger partial charge in [0.15, 0.2) is 0 Å². The fourth-order valence-corrected chi connectivity index (χ4v) is 2.54. The lowest BCUT2D eigenvalue weighted by Gasteiger charge is -2.16. The Morgan fingerprint density at radius 3 is 2.47 bits per heavy atom. The standard InChI is InChI=1S/C12H16N2O4S/c1-14(2)12(15)9-4-3-5-10(18-8-6-7-8)11(9)19(13,16)17/h3-5,8H,6-7H2,1-2H3,(H2,13,16,17). The molecular weight excluding hydrogens is 268 g/mol. The van der Waals surface area contributed by atoms with Crippen LogP contribution in [0.1, 0.15) is 23.2 Å². The Bertz CT molecular complexity index is 606. The van der Waals surface area contributed by atoms with E-state index in [1.807, 2.05) is 0 Å². The number of hydrogen-bond acceptors (Lipinski definition) is 4. The third-order valence-electron chi connectivity index (χ3n) is 2.72. The van der Waals surface area contributed by atoms with Crippen LogP contribution in [0.15, 0.2) is 23.1 Å². The Hall–Kier alpha value is -1.60. The predicted molar refractivity (Wildman–Crippen MR) is 69.5 cm³/mol. The van der Waals surface area contributed by atoms with Crippen LogP contribution in [0.2, 0.25) is 0 Å². The van der Waals surface area contributed by atoms with Crippen LogP contribution < -0.4 is 9.88 Å². The summed E-state index contributed by atoms with van der Waals surface area (Å²) >= 11 is 0. The first kappa shape index (κ1) is 13.8. The third kappa shape index (κ3) is 3.05. The molecule has 1 fully saturated rings. The van der Waals surface area contributed by atoms with Crippen LogP contribution in [0.25, 0.3) is 0 Å². The van der Waals surface area contributed by atoms with E-state index in [-0.39, 0.29) is 22.3 Å². The minimum absolute atomic E-state index is 0.0187. The highest BCUT2D eigenvalue weighted by atomic mass is 32.2. The second-order valence-corrected chi connectivity index (χ2v) is 6.19. The van der Waals surface area contributed by atoms with E-state index in [1.54, 1.807) is 20.2 Å². The lowest BCUT2D eigenvalue weighted by molar-refractivity contribution is 0.0823. The largest absolute Gasteiger partial charge is 0.489 e. The Labute approximate surface area is 112 Å². The normalized spacial score (nSPS) is 15.1. The van der Waals surface area contributed by atoms with Gasteiger partial charge in [0.1, 0.15) is 10.6 Å². The summed E-state index contributed by atoms with van der Waals surface area (Å²) in [5.41, 5.74) is 0.0330. The van der Waals surface area contributed by atoms with Gasteiger partial charge in [-0.2, -0.15) is 0 Å². The van der Waals surface area contributed by atoms with Crippen molar-refractivity contribution in [3.8, 4) is 5.75 Å². The molecule has 0 saturated heterocycles. The Balaban J connectivity index is 2.56. The quantitative estimate of drug-likeness (QED) is 0.875. The maximum atomic E-state index is 12.0. The zero-order chi connectivity index (χ0) is 14.2. The molecule has 0 bridgehead atoms.